The van der Waals surface area contributed by atoms with Crippen LogP contribution in [0.3, 0.4) is 0 Å². The van der Waals surface area contributed by atoms with E-state index in [1.54, 1.807) is 6.92 Å². The molecule has 0 spiro atoms. The average Bonchev–Trinajstić information content (AvgIpc) is 2.12. The van der Waals surface area contributed by atoms with Crippen LogP contribution in [-0.2, 0) is 0 Å². The van der Waals surface area contributed by atoms with Crippen molar-refractivity contribution >= 4 is 0 Å². The van der Waals surface area contributed by atoms with Crippen molar-refractivity contribution in [1.29, 1.82) is 0 Å². The smallest absolute Gasteiger partial charge is 0.0976 e. The first kappa shape index (κ1) is 11.3. The number of nitroso groups, excluding NO2 is 1. The van der Waals surface area contributed by atoms with Gasteiger partial charge in [0.05, 0.1) is 12.6 Å². The molecule has 0 aliphatic heterocycles. The Morgan fingerprint density at radius 2 is 2.25 bits per heavy atom. The van der Waals surface area contributed by atoms with Crippen LogP contribution in [0, 0.1) is 10.8 Å². The Balaban J connectivity index is 4.25. The molecule has 0 rings (SSSR count). The van der Waals surface area contributed by atoms with Gasteiger partial charge in [0.1, 0.15) is 0 Å². The quantitative estimate of drug-likeness (QED) is 0.508. The Hall–Kier alpha value is -0.700. The van der Waals surface area contributed by atoms with Crippen LogP contribution in [0.25, 0.3) is 0 Å². The van der Waals surface area contributed by atoms with Crippen molar-refractivity contribution in [1.82, 2.24) is 0 Å². The van der Waals surface area contributed by atoms with Gasteiger partial charge in [-0.15, -0.1) is 0 Å². The number of rotatable bonds is 5. The second-order valence-corrected chi connectivity index (χ2v) is 3.06. The normalized spacial score (nSPS) is 17.2. The van der Waals surface area contributed by atoms with Crippen LogP contribution in [0.5, 0.6) is 0 Å². The Kier molecular flexibility index (Phi) is 5.54. The van der Waals surface area contributed by atoms with E-state index in [4.69, 9.17) is 5.11 Å². The lowest BCUT2D eigenvalue weighted by Gasteiger charge is -2.12. The Morgan fingerprint density at radius 1 is 1.67 bits per heavy atom. The highest BCUT2D eigenvalue weighted by atomic mass is 16.3. The molecule has 0 fully saturated rings. The molecule has 0 bridgehead atoms. The second kappa shape index (κ2) is 5.89. The molecule has 70 valence electrons. The zero-order valence-corrected chi connectivity index (χ0v) is 7.95. The first-order chi connectivity index (χ1) is 5.65. The van der Waals surface area contributed by atoms with Gasteiger partial charge >= 0.3 is 0 Å². The topological polar surface area (TPSA) is 49.7 Å². The molecular formula is C9H17NO2. The molecule has 3 nitrogen and oxygen atoms in total. The van der Waals surface area contributed by atoms with Crippen molar-refractivity contribution in [2.45, 2.75) is 33.2 Å². The molecule has 0 aliphatic rings. The van der Waals surface area contributed by atoms with E-state index in [9.17, 15) is 4.91 Å². The number of aliphatic hydroxyl groups excluding tert-OH is 1. The van der Waals surface area contributed by atoms with Gasteiger partial charge in [-0.2, -0.15) is 4.91 Å². The Bertz CT molecular complexity index is 166. The van der Waals surface area contributed by atoms with Crippen LogP contribution in [0.15, 0.2) is 16.8 Å². The lowest BCUT2D eigenvalue weighted by Crippen LogP contribution is -2.16. The molecule has 0 aliphatic carbocycles. The Labute approximate surface area is 73.5 Å². The summed E-state index contributed by atoms with van der Waals surface area (Å²) in [5.41, 5.74) is 1.18. The summed E-state index contributed by atoms with van der Waals surface area (Å²) in [6, 6.07) is -0.337. The molecule has 0 saturated carbocycles. The minimum atomic E-state index is -0.337. The van der Waals surface area contributed by atoms with Gasteiger partial charge in [0.2, 0.25) is 0 Å². The predicted molar refractivity (Wildman–Crippen MR) is 49.9 cm³/mol. The van der Waals surface area contributed by atoms with Crippen LogP contribution >= 0.6 is 0 Å². The van der Waals surface area contributed by atoms with E-state index in [1.165, 1.54) is 5.57 Å². The molecule has 2 atom stereocenters. The summed E-state index contributed by atoms with van der Waals surface area (Å²) in [5, 5.41) is 11.8. The van der Waals surface area contributed by atoms with Crippen molar-refractivity contribution in [3.63, 3.8) is 0 Å². The molecule has 1 N–H and O–H groups in total. The van der Waals surface area contributed by atoms with Gasteiger partial charge in [-0.05, 0) is 20.3 Å². The summed E-state index contributed by atoms with van der Waals surface area (Å²) in [7, 11) is 0. The first-order valence-corrected chi connectivity index (χ1v) is 4.26. The maximum absolute atomic E-state index is 10.2. The summed E-state index contributed by atoms with van der Waals surface area (Å²) < 4.78 is 0. The highest BCUT2D eigenvalue weighted by molar-refractivity contribution is 5.02. The molecule has 0 aromatic heterocycles. The van der Waals surface area contributed by atoms with Crippen LogP contribution < -0.4 is 0 Å². The van der Waals surface area contributed by atoms with Gasteiger partial charge in [0.15, 0.2) is 0 Å². The van der Waals surface area contributed by atoms with Crippen molar-refractivity contribution < 1.29 is 5.11 Å². The van der Waals surface area contributed by atoms with Crippen LogP contribution in [0.4, 0.5) is 0 Å². The van der Waals surface area contributed by atoms with E-state index < -0.39 is 0 Å². The molecule has 0 amide bonds. The molecule has 12 heavy (non-hydrogen) atoms. The third-order valence-corrected chi connectivity index (χ3v) is 2.05. The average molecular weight is 171 g/mol. The molecule has 0 radical (unpaired) electrons. The van der Waals surface area contributed by atoms with Gasteiger partial charge in [-0.3, -0.25) is 0 Å². The third-order valence-electron chi connectivity index (χ3n) is 2.05. The molecule has 0 saturated heterocycles. The Morgan fingerprint density at radius 3 is 2.58 bits per heavy atom. The lowest BCUT2D eigenvalue weighted by atomic mass is 9.99. The maximum atomic E-state index is 10.2. The minimum absolute atomic E-state index is 0.00968. The first-order valence-electron chi connectivity index (χ1n) is 4.26. The molecule has 3 heteroatoms. The van der Waals surface area contributed by atoms with E-state index >= 15 is 0 Å². The van der Waals surface area contributed by atoms with Crippen LogP contribution in [0.1, 0.15) is 27.2 Å². The van der Waals surface area contributed by atoms with E-state index in [0.29, 0.717) is 0 Å². The van der Waals surface area contributed by atoms with Gasteiger partial charge in [-0.1, -0.05) is 23.7 Å². The zero-order valence-electron chi connectivity index (χ0n) is 7.95. The molecule has 0 heterocycles. The number of allylic oxidation sites excluding steroid dienone is 1. The summed E-state index contributed by atoms with van der Waals surface area (Å²) >= 11 is 0. The molecule has 0 aromatic rings. The van der Waals surface area contributed by atoms with Crippen molar-refractivity contribution in [2.75, 3.05) is 6.61 Å². The SMILES string of the molecule is CC/C(C)=C\C(CO)[C@@H](C)N=O. The minimum Gasteiger partial charge on any atom is -0.396 e. The molecule has 0 aromatic carbocycles. The van der Waals surface area contributed by atoms with Gasteiger partial charge < -0.3 is 5.11 Å². The summed E-state index contributed by atoms with van der Waals surface area (Å²) in [4.78, 5) is 10.2. The number of hydrogen-bond acceptors (Lipinski definition) is 3. The van der Waals surface area contributed by atoms with Crippen molar-refractivity contribution in [3.05, 3.63) is 16.6 Å². The van der Waals surface area contributed by atoms with E-state index in [-0.39, 0.29) is 18.6 Å². The monoisotopic (exact) mass is 171 g/mol. The fraction of sp³-hybridized carbons (Fsp3) is 0.778. The summed E-state index contributed by atoms with van der Waals surface area (Å²) in [6.45, 7) is 5.73. The molecular weight excluding hydrogens is 154 g/mol. The fourth-order valence-corrected chi connectivity index (χ4v) is 0.906. The summed E-state index contributed by atoms with van der Waals surface area (Å²) in [6.07, 6.45) is 2.87. The van der Waals surface area contributed by atoms with Crippen molar-refractivity contribution in [3.8, 4) is 0 Å². The van der Waals surface area contributed by atoms with E-state index in [1.807, 2.05) is 19.9 Å². The maximum Gasteiger partial charge on any atom is 0.0976 e. The number of hydrogen-bond donors (Lipinski definition) is 1. The largest absolute Gasteiger partial charge is 0.396 e. The van der Waals surface area contributed by atoms with Crippen LogP contribution in [0.2, 0.25) is 0 Å². The van der Waals surface area contributed by atoms with Crippen LogP contribution in [-0.4, -0.2) is 17.8 Å². The second-order valence-electron chi connectivity index (χ2n) is 3.06. The predicted octanol–water partition coefficient (Wildman–Crippen LogP) is 2.11. The number of aliphatic hydroxyl groups is 1. The van der Waals surface area contributed by atoms with Gasteiger partial charge in [0.25, 0.3) is 0 Å². The van der Waals surface area contributed by atoms with E-state index in [2.05, 4.69) is 5.18 Å². The van der Waals surface area contributed by atoms with Gasteiger partial charge in [0, 0.05) is 5.92 Å². The van der Waals surface area contributed by atoms with E-state index in [0.717, 1.165) is 6.42 Å². The number of nitrogens with zero attached hydrogens (tertiary/aromatic N) is 1. The fourth-order valence-electron chi connectivity index (χ4n) is 0.906. The van der Waals surface area contributed by atoms with Gasteiger partial charge in [-0.25, -0.2) is 0 Å². The van der Waals surface area contributed by atoms with Crippen molar-refractivity contribution in [2.24, 2.45) is 11.1 Å². The highest BCUT2D eigenvalue weighted by Gasteiger charge is 2.13. The lowest BCUT2D eigenvalue weighted by molar-refractivity contribution is 0.237. The standard InChI is InChI=1S/C9H17NO2/c1-4-7(2)5-9(6-11)8(3)10-12/h5,8-9,11H,4,6H2,1-3H3/b7-5-/t8-,9?/m1/s1. The third kappa shape index (κ3) is 3.62. The molecule has 1 unspecified atom stereocenters. The highest BCUT2D eigenvalue weighted by Crippen LogP contribution is 2.12. The zero-order chi connectivity index (χ0) is 9.56. The summed E-state index contributed by atoms with van der Waals surface area (Å²) in [5.74, 6) is -0.123.